The van der Waals surface area contributed by atoms with E-state index in [0.717, 1.165) is 17.7 Å². The fourth-order valence-electron chi connectivity index (χ4n) is 2.77. The highest BCUT2D eigenvalue weighted by atomic mass is 19.1. The minimum Gasteiger partial charge on any atom is -0.378 e. The average Bonchev–Trinajstić information content (AvgIpc) is 2.80. The molecule has 0 fully saturated rings. The van der Waals surface area contributed by atoms with Crippen LogP contribution in [0.25, 0.3) is 0 Å². The Balaban J connectivity index is 1.91. The zero-order chi connectivity index (χ0) is 14.3. The summed E-state index contributed by atoms with van der Waals surface area (Å²) >= 11 is 0. The normalized spacial score (nSPS) is 17.7. The second-order valence-electron chi connectivity index (χ2n) is 6.54. The average molecular weight is 269 g/mol. The van der Waals surface area contributed by atoms with Crippen LogP contribution in [0.4, 0.5) is 10.1 Å². The van der Waals surface area contributed by atoms with E-state index < -0.39 is 0 Å². The van der Waals surface area contributed by atoms with Crippen LogP contribution in [0.3, 0.4) is 0 Å². The molecule has 1 N–H and O–H groups in total. The number of halogens is 1. The highest BCUT2D eigenvalue weighted by Crippen LogP contribution is 2.37. The first-order chi connectivity index (χ1) is 9.45. The molecule has 20 heavy (non-hydrogen) atoms. The van der Waals surface area contributed by atoms with E-state index in [2.05, 4.69) is 44.3 Å². The first-order valence-electron chi connectivity index (χ1n) is 7.09. The van der Waals surface area contributed by atoms with Crippen LogP contribution in [0.1, 0.15) is 43.5 Å². The van der Waals surface area contributed by atoms with Gasteiger partial charge < -0.3 is 5.32 Å². The lowest BCUT2D eigenvalue weighted by atomic mass is 9.85. The third-order valence-electron chi connectivity index (χ3n) is 4.01. The van der Waals surface area contributed by atoms with Crippen molar-refractivity contribution < 1.29 is 4.39 Å². The molecule has 1 unspecified atom stereocenters. The summed E-state index contributed by atoms with van der Waals surface area (Å²) < 4.78 is 13.9. The summed E-state index contributed by atoms with van der Waals surface area (Å²) in [4.78, 5) is 0. The summed E-state index contributed by atoms with van der Waals surface area (Å²) in [6, 6.07) is 13.6. The molecule has 1 aliphatic rings. The van der Waals surface area contributed by atoms with Gasteiger partial charge in [-0.05, 0) is 35.1 Å². The van der Waals surface area contributed by atoms with Gasteiger partial charge in [-0.25, -0.2) is 4.39 Å². The maximum absolute atomic E-state index is 13.9. The molecule has 2 aromatic carbocycles. The Morgan fingerprint density at radius 1 is 1.10 bits per heavy atom. The van der Waals surface area contributed by atoms with Crippen LogP contribution in [-0.2, 0) is 11.8 Å². The zero-order valence-electron chi connectivity index (χ0n) is 12.2. The fraction of sp³-hybridized carbons (Fsp3) is 0.333. The Kier molecular flexibility index (Phi) is 3.04. The maximum Gasteiger partial charge on any atom is 0.128 e. The van der Waals surface area contributed by atoms with Gasteiger partial charge in [0.2, 0.25) is 0 Å². The molecule has 104 valence electrons. The predicted octanol–water partition coefficient (Wildman–Crippen LogP) is 4.83. The van der Waals surface area contributed by atoms with Crippen molar-refractivity contribution in [2.75, 3.05) is 5.32 Å². The third-order valence-corrected chi connectivity index (χ3v) is 4.01. The molecule has 0 saturated carbocycles. The molecule has 0 saturated heterocycles. The van der Waals surface area contributed by atoms with Crippen molar-refractivity contribution in [3.8, 4) is 0 Å². The molecule has 0 bridgehead atoms. The summed E-state index contributed by atoms with van der Waals surface area (Å²) in [7, 11) is 0. The molecule has 2 heteroatoms. The number of rotatable bonds is 1. The van der Waals surface area contributed by atoms with Crippen LogP contribution in [0.2, 0.25) is 0 Å². The van der Waals surface area contributed by atoms with Gasteiger partial charge in [-0.15, -0.1) is 0 Å². The molecular formula is C18H20FN. The van der Waals surface area contributed by atoms with E-state index in [1.54, 1.807) is 6.07 Å². The van der Waals surface area contributed by atoms with Gasteiger partial charge in [-0.3, -0.25) is 0 Å². The topological polar surface area (TPSA) is 12.0 Å². The summed E-state index contributed by atoms with van der Waals surface area (Å²) in [6.07, 6.45) is 0.847. The van der Waals surface area contributed by atoms with E-state index in [1.807, 2.05) is 12.1 Å². The number of fused-ring (bicyclic) bond motifs is 1. The van der Waals surface area contributed by atoms with Crippen LogP contribution in [0, 0.1) is 5.82 Å². The molecule has 1 nitrogen and oxygen atoms in total. The second-order valence-corrected chi connectivity index (χ2v) is 6.54. The van der Waals surface area contributed by atoms with Crippen molar-refractivity contribution >= 4 is 5.69 Å². The smallest absolute Gasteiger partial charge is 0.128 e. The largest absolute Gasteiger partial charge is 0.378 e. The summed E-state index contributed by atoms with van der Waals surface area (Å²) in [5.41, 5.74) is 4.63. The minimum atomic E-state index is -0.131. The summed E-state index contributed by atoms with van der Waals surface area (Å²) in [5, 5.41) is 3.43. The first-order valence-corrected chi connectivity index (χ1v) is 7.09. The monoisotopic (exact) mass is 269 g/mol. The lowest BCUT2D eigenvalue weighted by Crippen LogP contribution is -2.11. The standard InChI is InChI=1S/C18H20FN/c1-18(2,3)13-8-9-16-12(10-13)11-17(20-16)14-6-4-5-7-15(14)19/h4-10,17,20H,11H2,1-3H3. The molecule has 2 aromatic rings. The van der Waals surface area contributed by atoms with E-state index in [0.29, 0.717) is 0 Å². The highest BCUT2D eigenvalue weighted by molar-refractivity contribution is 5.60. The molecule has 1 aliphatic heterocycles. The molecule has 0 aromatic heterocycles. The van der Waals surface area contributed by atoms with Gasteiger partial charge >= 0.3 is 0 Å². The molecule has 0 spiro atoms. The number of hydrogen-bond donors (Lipinski definition) is 1. The quantitative estimate of drug-likeness (QED) is 0.781. The van der Waals surface area contributed by atoms with Gasteiger partial charge in [0.25, 0.3) is 0 Å². The SMILES string of the molecule is CC(C)(C)c1ccc2c(c1)CC(c1ccccc1F)N2. The Labute approximate surface area is 119 Å². The van der Waals surface area contributed by atoms with Gasteiger partial charge in [-0.2, -0.15) is 0 Å². The van der Waals surface area contributed by atoms with Crippen molar-refractivity contribution in [3.05, 3.63) is 65.0 Å². The van der Waals surface area contributed by atoms with Crippen LogP contribution in [-0.4, -0.2) is 0 Å². The molecule has 3 rings (SSSR count). The summed E-state index contributed by atoms with van der Waals surface area (Å²) in [5.74, 6) is -0.131. The van der Waals surface area contributed by atoms with Crippen LogP contribution >= 0.6 is 0 Å². The lowest BCUT2D eigenvalue weighted by Gasteiger charge is -2.19. The van der Waals surface area contributed by atoms with Gasteiger partial charge in [0.15, 0.2) is 0 Å². The molecule has 0 aliphatic carbocycles. The van der Waals surface area contributed by atoms with Crippen LogP contribution in [0.5, 0.6) is 0 Å². The van der Waals surface area contributed by atoms with E-state index in [9.17, 15) is 4.39 Å². The van der Waals surface area contributed by atoms with Crippen LogP contribution in [0.15, 0.2) is 42.5 Å². The molecular weight excluding hydrogens is 249 g/mol. The Bertz CT molecular complexity index is 640. The Morgan fingerprint density at radius 3 is 2.55 bits per heavy atom. The first kappa shape index (κ1) is 13.2. The molecule has 0 radical (unpaired) electrons. The number of nitrogens with one attached hydrogen (secondary N) is 1. The van der Waals surface area contributed by atoms with Gasteiger partial charge in [0.1, 0.15) is 5.82 Å². The highest BCUT2D eigenvalue weighted by Gasteiger charge is 2.25. The Morgan fingerprint density at radius 2 is 1.85 bits per heavy atom. The maximum atomic E-state index is 13.9. The van der Waals surface area contributed by atoms with Gasteiger partial charge in [0, 0.05) is 11.3 Å². The fourth-order valence-corrected chi connectivity index (χ4v) is 2.77. The Hall–Kier alpha value is -1.83. The van der Waals surface area contributed by atoms with Crippen LogP contribution < -0.4 is 5.32 Å². The minimum absolute atomic E-state index is 0.0430. The van der Waals surface area contributed by atoms with E-state index in [1.165, 1.54) is 17.2 Å². The number of anilines is 1. The number of benzene rings is 2. The van der Waals surface area contributed by atoms with Crippen molar-refractivity contribution in [3.63, 3.8) is 0 Å². The van der Waals surface area contributed by atoms with Gasteiger partial charge in [-0.1, -0.05) is 51.1 Å². The lowest BCUT2D eigenvalue weighted by molar-refractivity contribution is 0.588. The third kappa shape index (κ3) is 2.31. The van der Waals surface area contributed by atoms with E-state index in [4.69, 9.17) is 0 Å². The number of hydrogen-bond acceptors (Lipinski definition) is 1. The van der Waals surface area contributed by atoms with Crippen molar-refractivity contribution in [2.45, 2.75) is 38.6 Å². The van der Waals surface area contributed by atoms with E-state index in [-0.39, 0.29) is 17.3 Å². The second kappa shape index (κ2) is 4.62. The molecule has 0 amide bonds. The zero-order valence-corrected chi connectivity index (χ0v) is 12.2. The molecule has 1 atom stereocenters. The van der Waals surface area contributed by atoms with Crippen molar-refractivity contribution in [1.82, 2.24) is 0 Å². The van der Waals surface area contributed by atoms with Crippen molar-refractivity contribution in [1.29, 1.82) is 0 Å². The predicted molar refractivity (Wildman–Crippen MR) is 81.6 cm³/mol. The van der Waals surface area contributed by atoms with Crippen molar-refractivity contribution in [2.24, 2.45) is 0 Å². The molecule has 1 heterocycles. The summed E-state index contributed by atoms with van der Waals surface area (Å²) in [6.45, 7) is 6.64. The van der Waals surface area contributed by atoms with Gasteiger partial charge in [0.05, 0.1) is 6.04 Å². The van der Waals surface area contributed by atoms with E-state index >= 15 is 0 Å².